The first kappa shape index (κ1) is 15.9. The van der Waals surface area contributed by atoms with Gasteiger partial charge in [0.25, 0.3) is 0 Å². The number of sulfonamides is 1. The summed E-state index contributed by atoms with van der Waals surface area (Å²) in [7, 11) is -3.46. The van der Waals surface area contributed by atoms with Crippen LogP contribution in [0.1, 0.15) is 50.0 Å². The van der Waals surface area contributed by atoms with Crippen LogP contribution >= 0.6 is 11.3 Å². The van der Waals surface area contributed by atoms with E-state index < -0.39 is 10.0 Å². The summed E-state index contributed by atoms with van der Waals surface area (Å²) >= 11 is 1.15. The molecule has 0 bridgehead atoms. The van der Waals surface area contributed by atoms with Crippen LogP contribution in [-0.4, -0.2) is 19.6 Å². The molecule has 1 atom stereocenters. The second kappa shape index (κ2) is 5.75. The van der Waals surface area contributed by atoms with E-state index in [1.54, 1.807) is 6.07 Å². The fraction of sp³-hybridized carbons (Fsp3) is 0.714. The smallest absolute Gasteiger partial charge is 0.250 e. The van der Waals surface area contributed by atoms with Gasteiger partial charge < -0.3 is 5.11 Å². The van der Waals surface area contributed by atoms with Gasteiger partial charge in [0.05, 0.1) is 6.61 Å². The van der Waals surface area contributed by atoms with Crippen molar-refractivity contribution in [2.75, 3.05) is 0 Å². The van der Waals surface area contributed by atoms with Gasteiger partial charge in [0.2, 0.25) is 10.0 Å². The van der Waals surface area contributed by atoms with Crippen molar-refractivity contribution in [2.24, 2.45) is 5.41 Å². The Balaban J connectivity index is 2.14. The van der Waals surface area contributed by atoms with Gasteiger partial charge in [-0.1, -0.05) is 20.3 Å². The highest BCUT2D eigenvalue weighted by molar-refractivity contribution is 7.91. The molecule has 1 aliphatic rings. The Bertz CT molecular complexity index is 575. The maximum atomic E-state index is 12.4. The highest BCUT2D eigenvalue weighted by Gasteiger charge is 2.31. The van der Waals surface area contributed by atoms with Gasteiger partial charge in [-0.2, -0.15) is 0 Å². The second-order valence-corrected chi connectivity index (χ2v) is 9.49. The molecule has 1 fully saturated rings. The van der Waals surface area contributed by atoms with Gasteiger partial charge in [0.15, 0.2) is 0 Å². The van der Waals surface area contributed by atoms with Crippen LogP contribution in [0, 0.1) is 12.3 Å². The molecule has 1 unspecified atom stereocenters. The van der Waals surface area contributed by atoms with E-state index in [0.717, 1.165) is 42.6 Å². The number of hydrogen-bond donors (Lipinski definition) is 2. The first-order valence-electron chi connectivity index (χ1n) is 6.96. The fourth-order valence-electron chi connectivity index (χ4n) is 2.85. The zero-order valence-electron chi connectivity index (χ0n) is 12.3. The number of thiophene rings is 1. The molecular formula is C14H23NO3S2. The van der Waals surface area contributed by atoms with Crippen LogP contribution in [0.15, 0.2) is 10.3 Å². The molecule has 2 rings (SSSR count). The Morgan fingerprint density at radius 2 is 2.20 bits per heavy atom. The molecule has 1 heterocycles. The highest BCUT2D eigenvalue weighted by Crippen LogP contribution is 2.36. The molecule has 2 N–H and O–H groups in total. The van der Waals surface area contributed by atoms with E-state index in [9.17, 15) is 13.5 Å². The Labute approximate surface area is 125 Å². The Hall–Kier alpha value is -0.430. The van der Waals surface area contributed by atoms with Gasteiger partial charge in [0, 0.05) is 10.9 Å². The van der Waals surface area contributed by atoms with Crippen molar-refractivity contribution in [2.45, 2.75) is 63.3 Å². The van der Waals surface area contributed by atoms with Crippen LogP contribution in [-0.2, 0) is 16.6 Å². The summed E-state index contributed by atoms with van der Waals surface area (Å²) in [5, 5.41) is 9.18. The molecule has 0 aromatic carbocycles. The van der Waals surface area contributed by atoms with Gasteiger partial charge in [-0.05, 0) is 43.2 Å². The quantitative estimate of drug-likeness (QED) is 0.897. The van der Waals surface area contributed by atoms with E-state index in [0.29, 0.717) is 9.09 Å². The third-order valence-electron chi connectivity index (χ3n) is 3.93. The summed E-state index contributed by atoms with van der Waals surface area (Å²) in [5.74, 6) is 0. The SMILES string of the molecule is Cc1cc(S(=O)(=O)NC2CCCC(C)(C)C2)sc1CO. The van der Waals surface area contributed by atoms with E-state index in [4.69, 9.17) is 0 Å². The zero-order chi connectivity index (χ0) is 15.0. The van der Waals surface area contributed by atoms with Gasteiger partial charge >= 0.3 is 0 Å². The van der Waals surface area contributed by atoms with E-state index in [1.165, 1.54) is 0 Å². The van der Waals surface area contributed by atoms with Crippen molar-refractivity contribution in [1.29, 1.82) is 0 Å². The molecule has 0 aliphatic heterocycles. The van der Waals surface area contributed by atoms with Crippen molar-refractivity contribution in [3.63, 3.8) is 0 Å². The summed E-state index contributed by atoms with van der Waals surface area (Å²) in [5.41, 5.74) is 1.04. The molecule has 1 aromatic rings. The van der Waals surface area contributed by atoms with Crippen LogP contribution in [0.4, 0.5) is 0 Å². The molecule has 1 saturated carbocycles. The van der Waals surface area contributed by atoms with Crippen LogP contribution in [0.3, 0.4) is 0 Å². The Morgan fingerprint density at radius 1 is 1.50 bits per heavy atom. The lowest BCUT2D eigenvalue weighted by Gasteiger charge is -2.35. The van der Waals surface area contributed by atoms with Crippen LogP contribution in [0.5, 0.6) is 0 Å². The fourth-order valence-corrected chi connectivity index (χ4v) is 5.59. The molecule has 4 nitrogen and oxygen atoms in total. The largest absolute Gasteiger partial charge is 0.391 e. The van der Waals surface area contributed by atoms with Crippen molar-refractivity contribution >= 4 is 21.4 Å². The van der Waals surface area contributed by atoms with Crippen molar-refractivity contribution in [3.8, 4) is 0 Å². The molecule has 6 heteroatoms. The summed E-state index contributed by atoms with van der Waals surface area (Å²) in [6.07, 6.45) is 3.99. The number of aryl methyl sites for hydroxylation is 1. The number of aliphatic hydroxyl groups excluding tert-OH is 1. The lowest BCUT2D eigenvalue weighted by atomic mass is 9.75. The van der Waals surface area contributed by atoms with Crippen molar-refractivity contribution in [3.05, 3.63) is 16.5 Å². The van der Waals surface area contributed by atoms with Crippen molar-refractivity contribution < 1.29 is 13.5 Å². The average molecular weight is 317 g/mol. The van der Waals surface area contributed by atoms with Gasteiger partial charge in [-0.3, -0.25) is 0 Å². The van der Waals surface area contributed by atoms with Crippen LogP contribution in [0.2, 0.25) is 0 Å². The summed E-state index contributed by atoms with van der Waals surface area (Å²) in [4.78, 5) is 0.717. The second-order valence-electron chi connectivity index (χ2n) is 6.41. The number of aliphatic hydroxyl groups is 1. The first-order chi connectivity index (χ1) is 9.23. The van der Waals surface area contributed by atoms with E-state index in [1.807, 2.05) is 6.92 Å². The molecule has 114 valence electrons. The minimum atomic E-state index is -3.46. The molecule has 0 amide bonds. The summed E-state index contributed by atoms with van der Waals surface area (Å²) in [6.45, 7) is 6.09. The number of rotatable bonds is 4. The predicted molar refractivity (Wildman–Crippen MR) is 81.3 cm³/mol. The lowest BCUT2D eigenvalue weighted by molar-refractivity contribution is 0.212. The predicted octanol–water partition coefficient (Wildman–Crippen LogP) is 2.80. The first-order valence-corrected chi connectivity index (χ1v) is 9.26. The maximum Gasteiger partial charge on any atom is 0.250 e. The molecule has 0 spiro atoms. The third-order valence-corrected chi connectivity index (χ3v) is 7.15. The average Bonchev–Trinajstić information content (AvgIpc) is 2.69. The molecule has 20 heavy (non-hydrogen) atoms. The van der Waals surface area contributed by atoms with Gasteiger partial charge in [-0.15, -0.1) is 11.3 Å². The van der Waals surface area contributed by atoms with Crippen LogP contribution < -0.4 is 4.72 Å². The topological polar surface area (TPSA) is 66.4 Å². The van der Waals surface area contributed by atoms with Crippen LogP contribution in [0.25, 0.3) is 0 Å². The molecule has 0 radical (unpaired) electrons. The monoisotopic (exact) mass is 317 g/mol. The van der Waals surface area contributed by atoms with Gasteiger partial charge in [-0.25, -0.2) is 13.1 Å². The van der Waals surface area contributed by atoms with E-state index in [2.05, 4.69) is 18.6 Å². The maximum absolute atomic E-state index is 12.4. The highest BCUT2D eigenvalue weighted by atomic mass is 32.2. The minimum absolute atomic E-state index is 0.0173. The van der Waals surface area contributed by atoms with Gasteiger partial charge in [0.1, 0.15) is 4.21 Å². The normalized spacial score (nSPS) is 22.9. The third kappa shape index (κ3) is 3.61. The lowest BCUT2D eigenvalue weighted by Crippen LogP contribution is -2.40. The number of hydrogen-bond acceptors (Lipinski definition) is 4. The van der Waals surface area contributed by atoms with Crippen molar-refractivity contribution in [1.82, 2.24) is 4.72 Å². The van der Waals surface area contributed by atoms with E-state index in [-0.39, 0.29) is 18.1 Å². The zero-order valence-corrected chi connectivity index (χ0v) is 13.9. The van der Waals surface area contributed by atoms with E-state index >= 15 is 0 Å². The molecule has 1 aromatic heterocycles. The Kier molecular flexibility index (Phi) is 4.59. The minimum Gasteiger partial charge on any atom is -0.391 e. The summed E-state index contributed by atoms with van der Waals surface area (Å²) < 4.78 is 28.0. The summed E-state index contributed by atoms with van der Waals surface area (Å²) in [6, 6.07) is 1.66. The molecule has 0 saturated heterocycles. The number of nitrogens with one attached hydrogen (secondary N) is 1. The molecule has 1 aliphatic carbocycles. The Morgan fingerprint density at radius 3 is 2.75 bits per heavy atom. The molecular weight excluding hydrogens is 294 g/mol. The standard InChI is InChI=1S/C14H23NO3S2/c1-10-7-13(19-12(10)9-16)20(17,18)15-11-5-4-6-14(2,3)8-11/h7,11,15-16H,4-6,8-9H2,1-3H3.